The van der Waals surface area contributed by atoms with E-state index < -0.39 is 10.9 Å². The second kappa shape index (κ2) is 5.14. The van der Waals surface area contributed by atoms with E-state index in [4.69, 9.17) is 5.73 Å². The number of hydrogen-bond donors (Lipinski definition) is 1. The summed E-state index contributed by atoms with van der Waals surface area (Å²) >= 11 is 0. The summed E-state index contributed by atoms with van der Waals surface area (Å²) in [5.41, 5.74) is 5.02. The molecule has 1 aromatic carbocycles. The summed E-state index contributed by atoms with van der Waals surface area (Å²) in [4.78, 5) is 24.0. The number of nitrogen functional groups attached to an aromatic ring is 1. The molecule has 90 valence electrons. The van der Waals surface area contributed by atoms with Gasteiger partial charge in [0.25, 0.3) is 10.9 Å². The SMILES string of the molecule is CC(C)CCCCN(C)c1c(N)c(=O)c1=O. The van der Waals surface area contributed by atoms with E-state index in [0.717, 1.165) is 19.4 Å². The Morgan fingerprint density at radius 1 is 1.19 bits per heavy atom. The normalized spacial score (nSPS) is 11.2. The van der Waals surface area contributed by atoms with Crippen LogP contribution in [-0.2, 0) is 0 Å². The summed E-state index contributed by atoms with van der Waals surface area (Å²) in [5, 5.41) is 0. The van der Waals surface area contributed by atoms with Gasteiger partial charge in [-0.25, -0.2) is 0 Å². The minimum atomic E-state index is -0.538. The molecule has 0 amide bonds. The van der Waals surface area contributed by atoms with Gasteiger partial charge >= 0.3 is 0 Å². The van der Waals surface area contributed by atoms with Gasteiger partial charge < -0.3 is 10.6 Å². The van der Waals surface area contributed by atoms with Crippen molar-refractivity contribution >= 4 is 11.4 Å². The lowest BCUT2D eigenvalue weighted by atomic mass is 10.1. The van der Waals surface area contributed by atoms with Gasteiger partial charge in [-0.05, 0) is 12.3 Å². The molecule has 0 spiro atoms. The van der Waals surface area contributed by atoms with E-state index in [2.05, 4.69) is 13.8 Å². The highest BCUT2D eigenvalue weighted by atomic mass is 16.2. The molecule has 0 heterocycles. The van der Waals surface area contributed by atoms with Gasteiger partial charge in [0.15, 0.2) is 0 Å². The molecule has 4 nitrogen and oxygen atoms in total. The Labute approximate surface area is 95.8 Å². The molecule has 0 radical (unpaired) electrons. The lowest BCUT2D eigenvalue weighted by Crippen LogP contribution is -2.41. The zero-order valence-electron chi connectivity index (χ0n) is 10.2. The lowest BCUT2D eigenvalue weighted by Gasteiger charge is -2.21. The number of rotatable bonds is 6. The van der Waals surface area contributed by atoms with Crippen LogP contribution in [0.2, 0.25) is 0 Å². The van der Waals surface area contributed by atoms with Gasteiger partial charge in [-0.2, -0.15) is 0 Å². The topological polar surface area (TPSA) is 63.4 Å². The summed E-state index contributed by atoms with van der Waals surface area (Å²) in [5.74, 6) is 0.710. The fraction of sp³-hybridized carbons (Fsp3) is 0.667. The molecule has 0 aliphatic heterocycles. The van der Waals surface area contributed by atoms with Crippen LogP contribution >= 0.6 is 0 Å². The van der Waals surface area contributed by atoms with Crippen molar-refractivity contribution in [3.8, 4) is 0 Å². The van der Waals surface area contributed by atoms with Crippen LogP contribution in [0, 0.1) is 5.92 Å². The number of nitrogens with zero attached hydrogens (tertiary/aromatic N) is 1. The number of hydrogen-bond acceptors (Lipinski definition) is 4. The summed E-state index contributed by atoms with van der Waals surface area (Å²) < 4.78 is 0. The summed E-state index contributed by atoms with van der Waals surface area (Å²) in [6, 6.07) is 0. The predicted molar refractivity (Wildman–Crippen MR) is 67.7 cm³/mol. The minimum Gasteiger partial charge on any atom is -0.394 e. The molecular weight excluding hydrogens is 204 g/mol. The van der Waals surface area contributed by atoms with Crippen LogP contribution in [0.1, 0.15) is 33.1 Å². The van der Waals surface area contributed by atoms with Crippen LogP contribution < -0.4 is 21.5 Å². The highest BCUT2D eigenvalue weighted by Gasteiger charge is 2.20. The summed E-state index contributed by atoms with van der Waals surface area (Å²) in [6.45, 7) is 5.17. The largest absolute Gasteiger partial charge is 0.394 e. The third-order valence-electron chi connectivity index (χ3n) is 2.83. The van der Waals surface area contributed by atoms with Crippen molar-refractivity contribution in [3.63, 3.8) is 0 Å². The third kappa shape index (κ3) is 2.62. The van der Waals surface area contributed by atoms with Gasteiger partial charge in [0, 0.05) is 13.6 Å². The average molecular weight is 224 g/mol. The highest BCUT2D eigenvalue weighted by Crippen LogP contribution is 2.15. The number of nitrogens with two attached hydrogens (primary N) is 1. The van der Waals surface area contributed by atoms with Crippen LogP contribution in [0.4, 0.5) is 11.4 Å². The second-order valence-corrected chi connectivity index (χ2v) is 4.73. The molecule has 0 aliphatic rings. The van der Waals surface area contributed by atoms with Gasteiger partial charge in [0.2, 0.25) is 0 Å². The monoisotopic (exact) mass is 224 g/mol. The predicted octanol–water partition coefficient (Wildman–Crippen LogP) is 1.13. The van der Waals surface area contributed by atoms with E-state index in [9.17, 15) is 9.59 Å². The van der Waals surface area contributed by atoms with Gasteiger partial charge in [-0.15, -0.1) is 0 Å². The van der Waals surface area contributed by atoms with Crippen LogP contribution in [0.25, 0.3) is 0 Å². The Morgan fingerprint density at radius 3 is 2.31 bits per heavy atom. The number of anilines is 2. The zero-order valence-corrected chi connectivity index (χ0v) is 10.2. The Morgan fingerprint density at radius 2 is 1.81 bits per heavy atom. The molecule has 0 saturated heterocycles. The molecule has 16 heavy (non-hydrogen) atoms. The summed E-state index contributed by atoms with van der Waals surface area (Å²) in [7, 11) is 1.81. The van der Waals surface area contributed by atoms with Crippen LogP contribution in [0.5, 0.6) is 0 Å². The van der Waals surface area contributed by atoms with Crippen molar-refractivity contribution in [2.75, 3.05) is 24.2 Å². The lowest BCUT2D eigenvalue weighted by molar-refractivity contribution is 0.538. The summed E-state index contributed by atoms with van der Waals surface area (Å²) in [6.07, 6.45) is 3.35. The Hall–Kier alpha value is -1.32. The Balaban J connectivity index is 2.40. The fourth-order valence-corrected chi connectivity index (χ4v) is 1.79. The van der Waals surface area contributed by atoms with Gasteiger partial charge in [-0.1, -0.05) is 26.7 Å². The smallest absolute Gasteiger partial charge is 0.253 e. The van der Waals surface area contributed by atoms with Crippen molar-refractivity contribution in [1.29, 1.82) is 0 Å². The Bertz CT molecular complexity index is 417. The molecular formula is C12H20N2O2. The van der Waals surface area contributed by atoms with Crippen molar-refractivity contribution < 1.29 is 0 Å². The maximum Gasteiger partial charge on any atom is 0.253 e. The quantitative estimate of drug-likeness (QED) is 0.581. The highest BCUT2D eigenvalue weighted by molar-refractivity contribution is 5.72. The van der Waals surface area contributed by atoms with Crippen molar-refractivity contribution in [2.24, 2.45) is 5.92 Å². The van der Waals surface area contributed by atoms with Crippen LogP contribution in [0.3, 0.4) is 0 Å². The van der Waals surface area contributed by atoms with E-state index in [1.165, 1.54) is 6.42 Å². The molecule has 1 aromatic rings. The van der Waals surface area contributed by atoms with E-state index in [0.29, 0.717) is 11.6 Å². The first-order valence-electron chi connectivity index (χ1n) is 5.75. The van der Waals surface area contributed by atoms with Crippen molar-refractivity contribution in [3.05, 3.63) is 20.4 Å². The maximum absolute atomic E-state index is 11.2. The molecule has 0 fully saturated rings. The van der Waals surface area contributed by atoms with Gasteiger partial charge in [0.1, 0.15) is 11.4 Å². The third-order valence-corrected chi connectivity index (χ3v) is 2.83. The van der Waals surface area contributed by atoms with Gasteiger partial charge in [0.05, 0.1) is 0 Å². The van der Waals surface area contributed by atoms with E-state index in [-0.39, 0.29) is 5.69 Å². The minimum absolute atomic E-state index is 0.122. The first-order chi connectivity index (χ1) is 7.45. The van der Waals surface area contributed by atoms with E-state index in [1.54, 1.807) is 4.90 Å². The first-order valence-corrected chi connectivity index (χ1v) is 5.75. The van der Waals surface area contributed by atoms with Gasteiger partial charge in [-0.3, -0.25) is 9.59 Å². The molecule has 2 N–H and O–H groups in total. The van der Waals surface area contributed by atoms with Crippen molar-refractivity contribution in [1.82, 2.24) is 0 Å². The second-order valence-electron chi connectivity index (χ2n) is 4.73. The maximum atomic E-state index is 11.2. The van der Waals surface area contributed by atoms with E-state index in [1.807, 2.05) is 7.05 Å². The Kier molecular flexibility index (Phi) is 4.10. The molecule has 0 aromatic heterocycles. The molecule has 0 atom stereocenters. The molecule has 0 saturated carbocycles. The molecule has 4 heteroatoms. The molecule has 0 unspecified atom stereocenters. The fourth-order valence-electron chi connectivity index (χ4n) is 1.79. The molecule has 0 bridgehead atoms. The van der Waals surface area contributed by atoms with Crippen LogP contribution in [0.15, 0.2) is 9.59 Å². The standard InChI is InChI=1S/C12H20N2O2/c1-8(2)6-4-5-7-14(3)10-9(13)11(15)12(10)16/h8H,4-7,13H2,1-3H3. The van der Waals surface area contributed by atoms with E-state index >= 15 is 0 Å². The number of unbranched alkanes of at least 4 members (excludes halogenated alkanes) is 1. The van der Waals surface area contributed by atoms with Crippen LogP contribution in [-0.4, -0.2) is 13.6 Å². The first kappa shape index (κ1) is 12.7. The van der Waals surface area contributed by atoms with Crippen molar-refractivity contribution in [2.45, 2.75) is 33.1 Å². The molecule has 0 aliphatic carbocycles. The molecule has 1 rings (SSSR count). The average Bonchev–Trinajstić information content (AvgIpc) is 2.24. The zero-order chi connectivity index (χ0) is 12.3.